The number of benzene rings is 1. The third-order valence-corrected chi connectivity index (χ3v) is 2.63. The molecule has 0 saturated carbocycles. The Balaban J connectivity index is 2.34. The van der Waals surface area contributed by atoms with Crippen molar-refractivity contribution < 1.29 is 9.59 Å². The molecule has 0 bridgehead atoms. The highest BCUT2D eigenvalue weighted by Gasteiger charge is 2.36. The zero-order valence-corrected chi connectivity index (χ0v) is 8.80. The number of carbonyl (C=O) groups is 2. The van der Waals surface area contributed by atoms with Crippen molar-refractivity contribution in [3.8, 4) is 6.07 Å². The summed E-state index contributed by atoms with van der Waals surface area (Å²) in [7, 11) is 0. The van der Waals surface area contributed by atoms with E-state index in [1.807, 2.05) is 6.07 Å². The molecule has 0 radical (unpaired) electrons. The van der Waals surface area contributed by atoms with E-state index in [0.29, 0.717) is 11.3 Å². The largest absolute Gasteiger partial charge is 0.274 e. The molecule has 0 aromatic heterocycles. The van der Waals surface area contributed by atoms with Gasteiger partial charge >= 0.3 is 0 Å². The highest BCUT2D eigenvalue weighted by molar-refractivity contribution is 6.20. The monoisotopic (exact) mass is 214 g/mol. The lowest BCUT2D eigenvalue weighted by Gasteiger charge is -2.13. The summed E-state index contributed by atoms with van der Waals surface area (Å²) in [6.07, 6.45) is 0.263. The van der Waals surface area contributed by atoms with Crippen molar-refractivity contribution in [3.63, 3.8) is 0 Å². The summed E-state index contributed by atoms with van der Waals surface area (Å²) in [5.41, 5.74) is 1.05. The summed E-state index contributed by atoms with van der Waals surface area (Å²) in [4.78, 5) is 24.5. The van der Waals surface area contributed by atoms with Gasteiger partial charge in [0.2, 0.25) is 11.8 Å². The summed E-state index contributed by atoms with van der Waals surface area (Å²) in [6, 6.07) is 8.41. The first kappa shape index (κ1) is 10.4. The maximum Gasteiger partial charge on any atom is 0.237 e. The lowest BCUT2D eigenvalue weighted by Crippen LogP contribution is -2.29. The predicted octanol–water partition coefficient (Wildman–Crippen LogP) is 1.46. The van der Waals surface area contributed by atoms with Gasteiger partial charge in [0.15, 0.2) is 0 Å². The Morgan fingerprint density at radius 2 is 1.94 bits per heavy atom. The van der Waals surface area contributed by atoms with Crippen LogP contribution in [0, 0.1) is 17.2 Å². The molecule has 1 heterocycles. The molecule has 1 aliphatic rings. The average molecular weight is 214 g/mol. The number of nitrogens with zero attached hydrogens (tertiary/aromatic N) is 2. The molecule has 1 aromatic rings. The fraction of sp³-hybridized carbons (Fsp3) is 0.250. The molecule has 16 heavy (non-hydrogen) atoms. The van der Waals surface area contributed by atoms with Crippen molar-refractivity contribution in [2.24, 2.45) is 5.92 Å². The van der Waals surface area contributed by atoms with Crippen LogP contribution in [0.3, 0.4) is 0 Å². The van der Waals surface area contributed by atoms with Crippen LogP contribution in [0.5, 0.6) is 0 Å². The lowest BCUT2D eigenvalue weighted by molar-refractivity contribution is -0.122. The van der Waals surface area contributed by atoms with E-state index < -0.39 is 0 Å². The Bertz CT molecular complexity index is 485. The lowest BCUT2D eigenvalue weighted by atomic mass is 10.1. The highest BCUT2D eigenvalue weighted by atomic mass is 16.2. The summed E-state index contributed by atoms with van der Waals surface area (Å²) in [5, 5.41) is 8.64. The van der Waals surface area contributed by atoms with Gasteiger partial charge in [-0.05, 0) is 24.3 Å². The molecule has 0 spiro atoms. The van der Waals surface area contributed by atoms with Gasteiger partial charge in [-0.1, -0.05) is 6.92 Å². The van der Waals surface area contributed by atoms with E-state index in [4.69, 9.17) is 5.26 Å². The second kappa shape index (κ2) is 3.78. The number of imide groups is 1. The molecule has 1 unspecified atom stereocenters. The van der Waals surface area contributed by atoms with E-state index in [0.717, 1.165) is 0 Å². The van der Waals surface area contributed by atoms with E-state index in [1.165, 1.54) is 4.90 Å². The standard InChI is InChI=1S/C12H10N2O2/c1-8-6-11(15)14(12(8)16)10-4-2-9(7-13)3-5-10/h2-5,8H,6H2,1H3. The Labute approximate surface area is 93.1 Å². The maximum absolute atomic E-state index is 11.7. The van der Waals surface area contributed by atoms with E-state index in [2.05, 4.69) is 0 Å². The van der Waals surface area contributed by atoms with Crippen LogP contribution in [-0.2, 0) is 9.59 Å². The van der Waals surface area contributed by atoms with E-state index in [9.17, 15) is 9.59 Å². The number of anilines is 1. The van der Waals surface area contributed by atoms with E-state index in [1.54, 1.807) is 31.2 Å². The summed E-state index contributed by atoms with van der Waals surface area (Å²) >= 11 is 0. The first-order chi connectivity index (χ1) is 7.63. The molecular formula is C12H10N2O2. The predicted molar refractivity (Wildman–Crippen MR) is 57.4 cm³/mol. The third-order valence-electron chi connectivity index (χ3n) is 2.63. The fourth-order valence-electron chi connectivity index (χ4n) is 1.74. The molecule has 0 aliphatic carbocycles. The minimum Gasteiger partial charge on any atom is -0.274 e. The normalized spacial score (nSPS) is 20.0. The van der Waals surface area contributed by atoms with Gasteiger partial charge < -0.3 is 0 Å². The van der Waals surface area contributed by atoms with Crippen molar-refractivity contribution in [1.82, 2.24) is 0 Å². The van der Waals surface area contributed by atoms with Crippen LogP contribution in [0.15, 0.2) is 24.3 Å². The zero-order valence-electron chi connectivity index (χ0n) is 8.80. The van der Waals surface area contributed by atoms with Crippen molar-refractivity contribution in [3.05, 3.63) is 29.8 Å². The highest BCUT2D eigenvalue weighted by Crippen LogP contribution is 2.26. The maximum atomic E-state index is 11.7. The Morgan fingerprint density at radius 3 is 2.38 bits per heavy atom. The fourth-order valence-corrected chi connectivity index (χ4v) is 1.74. The molecule has 1 aromatic carbocycles. The van der Waals surface area contributed by atoms with Crippen LogP contribution in [0.4, 0.5) is 5.69 Å². The first-order valence-corrected chi connectivity index (χ1v) is 5.00. The van der Waals surface area contributed by atoms with Crippen molar-refractivity contribution in [2.75, 3.05) is 4.90 Å². The topological polar surface area (TPSA) is 61.2 Å². The summed E-state index contributed by atoms with van der Waals surface area (Å²) in [6.45, 7) is 1.74. The molecule has 1 atom stereocenters. The van der Waals surface area contributed by atoms with Crippen LogP contribution in [0.25, 0.3) is 0 Å². The zero-order chi connectivity index (χ0) is 11.7. The molecule has 2 amide bonds. The van der Waals surface area contributed by atoms with Crippen molar-refractivity contribution >= 4 is 17.5 Å². The molecule has 1 saturated heterocycles. The van der Waals surface area contributed by atoms with Gasteiger partial charge in [0.1, 0.15) is 0 Å². The number of hydrogen-bond donors (Lipinski definition) is 0. The van der Waals surface area contributed by atoms with Gasteiger partial charge in [0.25, 0.3) is 0 Å². The van der Waals surface area contributed by atoms with Gasteiger partial charge in [0.05, 0.1) is 17.3 Å². The van der Waals surface area contributed by atoms with Gasteiger partial charge in [-0.2, -0.15) is 5.26 Å². The Morgan fingerprint density at radius 1 is 1.31 bits per heavy atom. The number of nitriles is 1. The quantitative estimate of drug-likeness (QED) is 0.665. The van der Waals surface area contributed by atoms with E-state index in [-0.39, 0.29) is 24.2 Å². The first-order valence-electron chi connectivity index (χ1n) is 5.00. The molecule has 2 rings (SSSR count). The number of rotatable bonds is 1. The molecule has 4 heteroatoms. The second-order valence-corrected chi connectivity index (χ2v) is 3.83. The number of hydrogen-bond acceptors (Lipinski definition) is 3. The summed E-state index contributed by atoms with van der Waals surface area (Å²) < 4.78 is 0. The molecule has 0 N–H and O–H groups in total. The minimum absolute atomic E-state index is 0.172. The molecule has 1 aliphatic heterocycles. The Hall–Kier alpha value is -2.15. The van der Waals surface area contributed by atoms with Crippen LogP contribution >= 0.6 is 0 Å². The molecule has 4 nitrogen and oxygen atoms in total. The minimum atomic E-state index is -0.247. The van der Waals surface area contributed by atoms with Crippen molar-refractivity contribution in [1.29, 1.82) is 5.26 Å². The second-order valence-electron chi connectivity index (χ2n) is 3.83. The number of carbonyl (C=O) groups excluding carboxylic acids is 2. The third kappa shape index (κ3) is 1.57. The SMILES string of the molecule is CC1CC(=O)N(c2ccc(C#N)cc2)C1=O. The van der Waals surface area contributed by atoms with Crippen LogP contribution < -0.4 is 4.90 Å². The van der Waals surface area contributed by atoms with Crippen LogP contribution in [0.1, 0.15) is 18.9 Å². The molecular weight excluding hydrogens is 204 g/mol. The van der Waals surface area contributed by atoms with Crippen LogP contribution in [-0.4, -0.2) is 11.8 Å². The van der Waals surface area contributed by atoms with Gasteiger partial charge in [-0.25, -0.2) is 0 Å². The smallest absolute Gasteiger partial charge is 0.237 e. The summed E-state index contributed by atoms with van der Waals surface area (Å²) in [5.74, 6) is -0.597. The van der Waals surface area contributed by atoms with Gasteiger partial charge in [0, 0.05) is 12.3 Å². The van der Waals surface area contributed by atoms with Gasteiger partial charge in [-0.15, -0.1) is 0 Å². The molecule has 80 valence electrons. The average Bonchev–Trinajstić information content (AvgIpc) is 2.54. The van der Waals surface area contributed by atoms with Crippen molar-refractivity contribution in [2.45, 2.75) is 13.3 Å². The van der Waals surface area contributed by atoms with E-state index >= 15 is 0 Å². The molecule has 1 fully saturated rings. The number of amides is 2. The van der Waals surface area contributed by atoms with Crippen LogP contribution in [0.2, 0.25) is 0 Å². The Kier molecular flexibility index (Phi) is 2.45. The van der Waals surface area contributed by atoms with Gasteiger partial charge in [-0.3, -0.25) is 14.5 Å².